The van der Waals surface area contributed by atoms with Gasteiger partial charge in [0, 0.05) is 10.9 Å². The Balaban J connectivity index is 1.83. The van der Waals surface area contributed by atoms with Gasteiger partial charge in [-0.1, -0.05) is 25.5 Å². The van der Waals surface area contributed by atoms with Crippen molar-refractivity contribution in [3.05, 3.63) is 45.0 Å². The summed E-state index contributed by atoms with van der Waals surface area (Å²) in [7, 11) is 1.63. The first kappa shape index (κ1) is 18.6. The number of carbonyl (C=O) groups is 1. The number of rotatable bonds is 5. The van der Waals surface area contributed by atoms with Crippen LogP contribution in [0.5, 0.6) is 5.75 Å². The molecule has 8 heteroatoms. The van der Waals surface area contributed by atoms with Crippen LogP contribution in [-0.2, 0) is 0 Å². The van der Waals surface area contributed by atoms with Gasteiger partial charge in [0.25, 0.3) is 5.91 Å². The highest BCUT2D eigenvalue weighted by Crippen LogP contribution is 2.33. The minimum Gasteiger partial charge on any atom is -0.496 e. The molecule has 0 unspecified atom stereocenters. The highest BCUT2D eigenvalue weighted by atomic mass is 79.9. The van der Waals surface area contributed by atoms with Crippen molar-refractivity contribution in [1.82, 2.24) is 15.2 Å². The first-order valence-corrected chi connectivity index (χ1v) is 9.73. The van der Waals surface area contributed by atoms with Gasteiger partial charge in [-0.2, -0.15) is 5.10 Å². The van der Waals surface area contributed by atoms with E-state index in [0.717, 1.165) is 28.3 Å². The molecule has 0 fully saturated rings. The smallest absolute Gasteiger partial charge is 0.279 e. The number of benzene rings is 1. The van der Waals surface area contributed by atoms with Gasteiger partial charge in [-0.25, -0.2) is 4.98 Å². The number of anilines is 1. The normalized spacial score (nSPS) is 11.0. The fourth-order valence-corrected chi connectivity index (χ4v) is 4.03. The number of nitrogens with zero attached hydrogens (tertiary/aromatic N) is 2. The lowest BCUT2D eigenvalue weighted by Gasteiger charge is -2.07. The maximum Gasteiger partial charge on any atom is 0.279 e. The van der Waals surface area contributed by atoms with Gasteiger partial charge in [-0.15, -0.1) is 11.3 Å². The number of aromatic amines is 1. The summed E-state index contributed by atoms with van der Waals surface area (Å²) < 4.78 is 6.09. The van der Waals surface area contributed by atoms with Crippen molar-refractivity contribution < 1.29 is 9.53 Å². The molecule has 0 spiro atoms. The number of hydrogen-bond acceptors (Lipinski definition) is 5. The summed E-state index contributed by atoms with van der Waals surface area (Å²) in [6.07, 6.45) is 0. The molecule has 1 amide bonds. The van der Waals surface area contributed by atoms with Gasteiger partial charge in [-0.05, 0) is 40.9 Å². The van der Waals surface area contributed by atoms with E-state index < -0.39 is 0 Å². The van der Waals surface area contributed by atoms with Crippen molar-refractivity contribution in [2.24, 2.45) is 0 Å². The summed E-state index contributed by atoms with van der Waals surface area (Å²) in [5.41, 5.74) is 3.97. The number of H-pyrrole nitrogens is 1. The quantitative estimate of drug-likeness (QED) is 0.592. The number of ether oxygens (including phenoxy) is 1. The van der Waals surface area contributed by atoms with E-state index in [9.17, 15) is 4.79 Å². The van der Waals surface area contributed by atoms with Crippen LogP contribution in [0.15, 0.2) is 28.1 Å². The number of hydrogen-bond donors (Lipinski definition) is 2. The van der Waals surface area contributed by atoms with E-state index in [4.69, 9.17) is 4.74 Å². The molecule has 26 heavy (non-hydrogen) atoms. The number of aryl methyl sites for hydroxylation is 1. The van der Waals surface area contributed by atoms with Crippen LogP contribution in [0.1, 0.15) is 41.5 Å². The van der Waals surface area contributed by atoms with Crippen molar-refractivity contribution in [2.45, 2.75) is 26.7 Å². The molecule has 1 aromatic carbocycles. The number of carbonyl (C=O) groups excluding carboxylic acids is 1. The van der Waals surface area contributed by atoms with E-state index in [-0.39, 0.29) is 11.8 Å². The second-order valence-corrected chi connectivity index (χ2v) is 7.80. The van der Waals surface area contributed by atoms with Crippen LogP contribution in [0.25, 0.3) is 11.3 Å². The number of aromatic nitrogens is 3. The summed E-state index contributed by atoms with van der Waals surface area (Å²) in [5.74, 6) is 0.672. The molecule has 136 valence electrons. The Labute approximate surface area is 164 Å². The zero-order valence-electron chi connectivity index (χ0n) is 14.9. The average molecular weight is 435 g/mol. The molecule has 0 saturated carbocycles. The topological polar surface area (TPSA) is 79.9 Å². The van der Waals surface area contributed by atoms with Gasteiger partial charge < -0.3 is 4.74 Å². The molecule has 0 saturated heterocycles. The summed E-state index contributed by atoms with van der Waals surface area (Å²) in [6.45, 7) is 6.07. The monoisotopic (exact) mass is 434 g/mol. The molecule has 0 bridgehead atoms. The SMILES string of the molecule is COc1ccc(C)cc1-c1csc(NC(=O)c2n[nH]c(C(C)C)c2Br)n1. The van der Waals surface area contributed by atoms with Crippen LogP contribution in [0.3, 0.4) is 0 Å². The van der Waals surface area contributed by atoms with Gasteiger partial charge in [0.2, 0.25) is 0 Å². The van der Waals surface area contributed by atoms with E-state index in [0.29, 0.717) is 15.3 Å². The first-order valence-electron chi connectivity index (χ1n) is 8.06. The number of halogens is 1. The van der Waals surface area contributed by atoms with E-state index >= 15 is 0 Å². The number of methoxy groups -OCH3 is 1. The summed E-state index contributed by atoms with van der Waals surface area (Å²) in [4.78, 5) is 17.0. The van der Waals surface area contributed by atoms with Crippen molar-refractivity contribution in [1.29, 1.82) is 0 Å². The van der Waals surface area contributed by atoms with Crippen LogP contribution >= 0.6 is 27.3 Å². The fourth-order valence-electron chi connectivity index (χ4n) is 2.51. The number of thiazole rings is 1. The van der Waals surface area contributed by atoms with Crippen LogP contribution in [-0.4, -0.2) is 28.2 Å². The predicted molar refractivity (Wildman–Crippen MR) is 107 cm³/mol. The Morgan fingerprint density at radius 3 is 2.81 bits per heavy atom. The van der Waals surface area contributed by atoms with Crippen molar-refractivity contribution in [3.8, 4) is 17.0 Å². The minimum atomic E-state index is -0.308. The predicted octanol–water partition coefficient (Wildman–Crippen LogP) is 4.99. The molecule has 0 aliphatic heterocycles. The van der Waals surface area contributed by atoms with Crippen LogP contribution in [0.2, 0.25) is 0 Å². The Morgan fingerprint density at radius 2 is 2.15 bits per heavy atom. The zero-order valence-corrected chi connectivity index (χ0v) is 17.3. The molecule has 2 N–H and O–H groups in total. The average Bonchev–Trinajstić information content (AvgIpc) is 3.21. The molecule has 0 atom stereocenters. The lowest BCUT2D eigenvalue weighted by molar-refractivity contribution is 0.102. The highest BCUT2D eigenvalue weighted by molar-refractivity contribution is 9.10. The lowest BCUT2D eigenvalue weighted by Crippen LogP contribution is -2.13. The maximum atomic E-state index is 12.5. The summed E-state index contributed by atoms with van der Waals surface area (Å²) in [5, 5.41) is 12.2. The van der Waals surface area contributed by atoms with Gasteiger partial charge >= 0.3 is 0 Å². The van der Waals surface area contributed by atoms with E-state index in [1.165, 1.54) is 11.3 Å². The Kier molecular flexibility index (Phi) is 5.43. The van der Waals surface area contributed by atoms with Crippen molar-refractivity contribution >= 4 is 38.3 Å². The van der Waals surface area contributed by atoms with E-state index in [2.05, 4.69) is 36.4 Å². The van der Waals surface area contributed by atoms with E-state index in [1.54, 1.807) is 7.11 Å². The van der Waals surface area contributed by atoms with Gasteiger partial charge in [0.05, 0.1) is 23.0 Å². The largest absolute Gasteiger partial charge is 0.496 e. The zero-order chi connectivity index (χ0) is 18.8. The third-order valence-electron chi connectivity index (χ3n) is 3.88. The molecule has 0 aliphatic rings. The molecule has 2 aromatic heterocycles. The Bertz CT molecular complexity index is 949. The van der Waals surface area contributed by atoms with Crippen LogP contribution < -0.4 is 10.1 Å². The second-order valence-electron chi connectivity index (χ2n) is 6.15. The van der Waals surface area contributed by atoms with Gasteiger partial charge in [0.1, 0.15) is 5.75 Å². The standard InChI is InChI=1S/C18H19BrN4O2S/c1-9(2)15-14(19)16(23-22-15)17(24)21-18-20-12(8-26-18)11-7-10(3)5-6-13(11)25-4/h5-9H,1-4H3,(H,22,23)(H,20,21,24). The lowest BCUT2D eigenvalue weighted by atomic mass is 10.1. The fraction of sp³-hybridized carbons (Fsp3) is 0.278. The third kappa shape index (κ3) is 3.66. The van der Waals surface area contributed by atoms with Crippen molar-refractivity contribution in [2.75, 3.05) is 12.4 Å². The Morgan fingerprint density at radius 1 is 1.38 bits per heavy atom. The highest BCUT2D eigenvalue weighted by Gasteiger charge is 2.20. The number of nitrogens with one attached hydrogen (secondary N) is 2. The first-order chi connectivity index (χ1) is 12.4. The Hall–Kier alpha value is -2.19. The summed E-state index contributed by atoms with van der Waals surface area (Å²) in [6, 6.07) is 5.91. The van der Waals surface area contributed by atoms with E-state index in [1.807, 2.05) is 44.4 Å². The molecular formula is C18H19BrN4O2S. The van der Waals surface area contributed by atoms with Gasteiger partial charge in [0.15, 0.2) is 10.8 Å². The molecular weight excluding hydrogens is 416 g/mol. The minimum absolute atomic E-state index is 0.235. The second kappa shape index (κ2) is 7.59. The third-order valence-corrected chi connectivity index (χ3v) is 5.44. The molecule has 2 heterocycles. The van der Waals surface area contributed by atoms with Crippen LogP contribution in [0.4, 0.5) is 5.13 Å². The van der Waals surface area contributed by atoms with Crippen LogP contribution in [0, 0.1) is 6.92 Å². The number of amides is 1. The summed E-state index contributed by atoms with van der Waals surface area (Å²) >= 11 is 4.81. The molecule has 6 nitrogen and oxygen atoms in total. The maximum absolute atomic E-state index is 12.5. The molecule has 3 rings (SSSR count). The molecule has 0 aliphatic carbocycles. The molecule has 3 aromatic rings. The van der Waals surface area contributed by atoms with Gasteiger partial charge in [-0.3, -0.25) is 15.2 Å². The van der Waals surface area contributed by atoms with Crippen molar-refractivity contribution in [3.63, 3.8) is 0 Å². The molecule has 0 radical (unpaired) electrons.